The van der Waals surface area contributed by atoms with Crippen molar-refractivity contribution in [3.8, 4) is 11.3 Å². The number of hydrogen-bond donors (Lipinski definition) is 3. The summed E-state index contributed by atoms with van der Waals surface area (Å²) >= 11 is 0. The third-order valence-corrected chi connectivity index (χ3v) is 5.54. The molecule has 0 radical (unpaired) electrons. The van der Waals surface area contributed by atoms with Crippen molar-refractivity contribution in [2.75, 3.05) is 11.9 Å². The molecule has 35 heavy (non-hydrogen) atoms. The van der Waals surface area contributed by atoms with Crippen LogP contribution in [0, 0.1) is 0 Å². The van der Waals surface area contributed by atoms with Crippen LogP contribution in [0.25, 0.3) is 22.0 Å². The predicted molar refractivity (Wildman–Crippen MR) is 128 cm³/mol. The van der Waals surface area contributed by atoms with Gasteiger partial charge in [-0.15, -0.1) is 0 Å². The minimum atomic E-state index is -4.71. The Bertz CT molecular complexity index is 1340. The quantitative estimate of drug-likeness (QED) is 0.331. The molecule has 6 nitrogen and oxygen atoms in total. The number of benzene rings is 3. The first-order chi connectivity index (χ1) is 16.7. The fourth-order valence-corrected chi connectivity index (χ4v) is 3.69. The summed E-state index contributed by atoms with van der Waals surface area (Å²) in [6, 6.07) is 20.9. The van der Waals surface area contributed by atoms with Crippen LogP contribution >= 0.6 is 0 Å². The van der Waals surface area contributed by atoms with Gasteiger partial charge < -0.3 is 16.2 Å². The second kappa shape index (κ2) is 10.1. The van der Waals surface area contributed by atoms with E-state index in [-0.39, 0.29) is 17.9 Å². The molecule has 0 bridgehead atoms. The molecule has 0 aliphatic rings. The van der Waals surface area contributed by atoms with Crippen molar-refractivity contribution in [1.82, 2.24) is 9.97 Å². The standard InChI is InChI=1S/C26H23F3N4O2/c27-26(28,29)25-32-22(19-9-6-16(7-10-19)14-21(30)24(34)35)15-23(33-25)31-12-11-17-5-8-18-3-1-2-4-20(18)13-17/h1-10,13,15,21H,11-12,14,30H2,(H,34,35)(H,31,32,33)/t21-/m0/s1. The zero-order chi connectivity index (χ0) is 25.0. The summed E-state index contributed by atoms with van der Waals surface area (Å²) in [6.07, 6.45) is -4.00. The number of alkyl halides is 3. The van der Waals surface area contributed by atoms with Crippen LogP contribution < -0.4 is 11.1 Å². The lowest BCUT2D eigenvalue weighted by Crippen LogP contribution is -2.32. The van der Waals surface area contributed by atoms with Crippen molar-refractivity contribution in [2.45, 2.75) is 25.1 Å². The van der Waals surface area contributed by atoms with Crippen LogP contribution in [-0.4, -0.2) is 33.6 Å². The molecule has 1 heterocycles. The van der Waals surface area contributed by atoms with Gasteiger partial charge in [-0.3, -0.25) is 4.79 Å². The van der Waals surface area contributed by atoms with Gasteiger partial charge in [0.05, 0.1) is 5.69 Å². The Kier molecular flexibility index (Phi) is 6.97. The smallest absolute Gasteiger partial charge is 0.451 e. The van der Waals surface area contributed by atoms with Gasteiger partial charge in [-0.2, -0.15) is 13.2 Å². The number of nitrogens with one attached hydrogen (secondary N) is 1. The fourth-order valence-electron chi connectivity index (χ4n) is 3.69. The largest absolute Gasteiger partial charge is 0.480 e. The van der Waals surface area contributed by atoms with Gasteiger partial charge in [-0.05, 0) is 34.7 Å². The highest BCUT2D eigenvalue weighted by Crippen LogP contribution is 2.30. The summed E-state index contributed by atoms with van der Waals surface area (Å²) in [7, 11) is 0. The van der Waals surface area contributed by atoms with E-state index in [4.69, 9.17) is 10.8 Å². The Labute approximate surface area is 199 Å². The Morgan fingerprint density at radius 1 is 0.943 bits per heavy atom. The van der Waals surface area contributed by atoms with Crippen molar-refractivity contribution in [3.05, 3.63) is 89.7 Å². The molecular weight excluding hydrogens is 457 g/mol. The third kappa shape index (κ3) is 6.13. The molecule has 1 aromatic heterocycles. The second-order valence-electron chi connectivity index (χ2n) is 8.16. The zero-order valence-electron chi connectivity index (χ0n) is 18.6. The average molecular weight is 480 g/mol. The third-order valence-electron chi connectivity index (χ3n) is 5.54. The topological polar surface area (TPSA) is 101 Å². The van der Waals surface area contributed by atoms with E-state index in [2.05, 4.69) is 21.4 Å². The molecule has 0 spiro atoms. The molecule has 0 fully saturated rings. The molecule has 9 heteroatoms. The Morgan fingerprint density at radius 3 is 2.31 bits per heavy atom. The van der Waals surface area contributed by atoms with E-state index in [1.165, 1.54) is 6.07 Å². The number of carbonyl (C=O) groups is 1. The number of aliphatic carboxylic acids is 1. The molecule has 4 aromatic rings. The van der Waals surface area contributed by atoms with Gasteiger partial charge in [-0.1, -0.05) is 66.7 Å². The lowest BCUT2D eigenvalue weighted by Gasteiger charge is -2.13. The molecule has 1 atom stereocenters. The predicted octanol–water partition coefficient (Wildman–Crippen LogP) is 4.92. The van der Waals surface area contributed by atoms with E-state index < -0.39 is 24.0 Å². The summed E-state index contributed by atoms with van der Waals surface area (Å²) in [6.45, 7) is 0.387. The monoisotopic (exact) mass is 480 g/mol. The maximum atomic E-state index is 13.5. The van der Waals surface area contributed by atoms with Crippen LogP contribution in [0.15, 0.2) is 72.8 Å². The first-order valence-corrected chi connectivity index (χ1v) is 10.9. The van der Waals surface area contributed by atoms with Crippen LogP contribution in [0.2, 0.25) is 0 Å². The van der Waals surface area contributed by atoms with Crippen molar-refractivity contribution >= 4 is 22.6 Å². The summed E-state index contributed by atoms with van der Waals surface area (Å²) in [5.74, 6) is -2.29. The first-order valence-electron chi connectivity index (χ1n) is 10.9. The highest BCUT2D eigenvalue weighted by Gasteiger charge is 2.35. The molecule has 4 N–H and O–H groups in total. The number of carboxylic acids is 1. The zero-order valence-corrected chi connectivity index (χ0v) is 18.6. The lowest BCUT2D eigenvalue weighted by atomic mass is 10.0. The lowest BCUT2D eigenvalue weighted by molar-refractivity contribution is -0.144. The maximum Gasteiger partial charge on any atom is 0.451 e. The van der Waals surface area contributed by atoms with Crippen molar-refractivity contribution < 1.29 is 23.1 Å². The number of aromatic nitrogens is 2. The highest BCUT2D eigenvalue weighted by molar-refractivity contribution is 5.83. The highest BCUT2D eigenvalue weighted by atomic mass is 19.4. The molecular formula is C26H23F3N4O2. The summed E-state index contributed by atoms with van der Waals surface area (Å²) < 4.78 is 40.4. The van der Waals surface area contributed by atoms with Crippen molar-refractivity contribution in [3.63, 3.8) is 0 Å². The molecule has 0 aliphatic carbocycles. The number of rotatable bonds is 8. The Morgan fingerprint density at radius 2 is 1.63 bits per heavy atom. The number of nitrogens with zero attached hydrogens (tertiary/aromatic N) is 2. The Hall–Kier alpha value is -3.98. The number of anilines is 1. The van der Waals surface area contributed by atoms with Gasteiger partial charge in [0.25, 0.3) is 0 Å². The molecule has 0 aliphatic heterocycles. The summed E-state index contributed by atoms with van der Waals surface area (Å²) in [5.41, 5.74) is 7.81. The SMILES string of the molecule is N[C@@H](Cc1ccc(-c2cc(NCCc3ccc4ccccc4c3)nc(C(F)(F)F)n2)cc1)C(=O)O. The van der Waals surface area contributed by atoms with E-state index in [0.717, 1.165) is 16.3 Å². The molecule has 4 rings (SSSR count). The Balaban J connectivity index is 1.52. The minimum Gasteiger partial charge on any atom is -0.480 e. The number of fused-ring (bicyclic) bond motifs is 1. The normalized spacial score (nSPS) is 12.5. The van der Waals surface area contributed by atoms with Crippen LogP contribution in [0.5, 0.6) is 0 Å². The van der Waals surface area contributed by atoms with E-state index in [1.54, 1.807) is 24.3 Å². The van der Waals surface area contributed by atoms with Gasteiger partial charge >= 0.3 is 12.1 Å². The van der Waals surface area contributed by atoms with E-state index in [9.17, 15) is 18.0 Å². The van der Waals surface area contributed by atoms with Crippen molar-refractivity contribution in [2.24, 2.45) is 5.73 Å². The number of halogens is 3. The summed E-state index contributed by atoms with van der Waals surface area (Å²) in [5, 5.41) is 14.1. The minimum absolute atomic E-state index is 0.0695. The maximum absolute atomic E-state index is 13.5. The van der Waals surface area contributed by atoms with Crippen LogP contribution in [0.1, 0.15) is 17.0 Å². The van der Waals surface area contributed by atoms with Crippen LogP contribution in [0.4, 0.5) is 19.0 Å². The van der Waals surface area contributed by atoms with Gasteiger partial charge in [0.15, 0.2) is 0 Å². The molecule has 0 saturated heterocycles. The van der Waals surface area contributed by atoms with Crippen molar-refractivity contribution in [1.29, 1.82) is 0 Å². The average Bonchev–Trinajstić information content (AvgIpc) is 2.83. The van der Waals surface area contributed by atoms with E-state index >= 15 is 0 Å². The molecule has 0 unspecified atom stereocenters. The summed E-state index contributed by atoms with van der Waals surface area (Å²) in [4.78, 5) is 18.3. The van der Waals surface area contributed by atoms with Gasteiger partial charge in [0.1, 0.15) is 11.9 Å². The molecule has 3 aromatic carbocycles. The molecule has 0 saturated carbocycles. The fraction of sp³-hybridized carbons (Fsp3) is 0.192. The van der Waals surface area contributed by atoms with E-state index in [1.807, 2.05) is 36.4 Å². The first kappa shape index (κ1) is 24.2. The van der Waals surface area contributed by atoms with Gasteiger partial charge in [0.2, 0.25) is 5.82 Å². The van der Waals surface area contributed by atoms with Gasteiger partial charge in [-0.25, -0.2) is 9.97 Å². The second-order valence-corrected chi connectivity index (χ2v) is 8.16. The number of nitrogens with two attached hydrogens (primary N) is 1. The number of carboxylic acid groups (broad SMARTS) is 1. The van der Waals surface area contributed by atoms with Crippen LogP contribution in [-0.2, 0) is 23.8 Å². The molecule has 180 valence electrons. The van der Waals surface area contributed by atoms with Gasteiger partial charge in [0, 0.05) is 18.2 Å². The van der Waals surface area contributed by atoms with Crippen LogP contribution in [0.3, 0.4) is 0 Å². The van der Waals surface area contributed by atoms with E-state index in [0.29, 0.717) is 24.1 Å². The number of hydrogen-bond acceptors (Lipinski definition) is 5. The molecule has 0 amide bonds.